The van der Waals surface area contributed by atoms with Crippen LogP contribution in [0.1, 0.15) is 5.56 Å². The van der Waals surface area contributed by atoms with E-state index in [0.29, 0.717) is 16.7 Å². The number of hydrogen-bond acceptors (Lipinski definition) is 1. The van der Waals surface area contributed by atoms with Gasteiger partial charge in [0, 0.05) is 0 Å². The Balaban J connectivity index is 2.50. The molecule has 0 aliphatic carbocycles. The molecule has 2 rings (SSSR count). The summed E-state index contributed by atoms with van der Waals surface area (Å²) in [6, 6.07) is 8.67. The van der Waals surface area contributed by atoms with Crippen LogP contribution in [0.25, 0.3) is 11.1 Å². The highest BCUT2D eigenvalue weighted by Gasteiger charge is 2.05. The maximum atomic E-state index is 13.3. The van der Waals surface area contributed by atoms with Gasteiger partial charge in [-0.3, -0.25) is 0 Å². The van der Waals surface area contributed by atoms with Crippen molar-refractivity contribution in [3.63, 3.8) is 0 Å². The molecular weight excluding hydrogens is 210 g/mol. The van der Waals surface area contributed by atoms with Gasteiger partial charge in [-0.15, -0.1) is 0 Å². The number of phenols is 1. The Kier molecular flexibility index (Phi) is 2.60. The predicted molar refractivity (Wildman–Crippen MR) is 58.2 cm³/mol. The minimum absolute atomic E-state index is 0.328. The van der Waals surface area contributed by atoms with Gasteiger partial charge >= 0.3 is 0 Å². The molecule has 1 nitrogen and oxygen atoms in total. The quantitative estimate of drug-likeness (QED) is 0.777. The molecule has 0 saturated heterocycles. The number of aromatic hydroxyl groups is 1. The first-order valence-corrected chi connectivity index (χ1v) is 4.83. The van der Waals surface area contributed by atoms with Crippen molar-refractivity contribution in [3.05, 3.63) is 53.6 Å². The van der Waals surface area contributed by atoms with Crippen molar-refractivity contribution in [3.8, 4) is 16.9 Å². The highest BCUT2D eigenvalue weighted by molar-refractivity contribution is 5.64. The van der Waals surface area contributed by atoms with E-state index >= 15 is 0 Å². The summed E-state index contributed by atoms with van der Waals surface area (Å²) in [5.41, 5.74) is 1.67. The van der Waals surface area contributed by atoms with Crippen molar-refractivity contribution < 1.29 is 13.9 Å². The van der Waals surface area contributed by atoms with Gasteiger partial charge in [0.25, 0.3) is 0 Å². The Morgan fingerprint density at radius 2 is 1.44 bits per heavy atom. The van der Waals surface area contributed by atoms with Crippen LogP contribution in [0.4, 0.5) is 8.78 Å². The molecule has 0 unspecified atom stereocenters. The fraction of sp³-hybridized carbons (Fsp3) is 0.0769. The Morgan fingerprint density at radius 1 is 0.875 bits per heavy atom. The first-order chi connectivity index (χ1) is 7.58. The summed E-state index contributed by atoms with van der Waals surface area (Å²) in [6.45, 7) is 1.66. The SMILES string of the molecule is Cc1ccc(-c2ccc(O)c(F)c2)cc1F. The van der Waals surface area contributed by atoms with E-state index in [2.05, 4.69) is 0 Å². The average Bonchev–Trinajstić information content (AvgIpc) is 2.26. The molecule has 0 aromatic heterocycles. The van der Waals surface area contributed by atoms with E-state index in [-0.39, 0.29) is 5.82 Å². The van der Waals surface area contributed by atoms with E-state index in [1.165, 1.54) is 18.2 Å². The maximum Gasteiger partial charge on any atom is 0.165 e. The van der Waals surface area contributed by atoms with Crippen LogP contribution in [0, 0.1) is 18.6 Å². The van der Waals surface area contributed by atoms with Crippen molar-refractivity contribution in [2.45, 2.75) is 6.92 Å². The Morgan fingerprint density at radius 3 is 2.00 bits per heavy atom. The standard InChI is InChI=1S/C13H10F2O/c1-8-2-3-9(6-11(8)14)10-4-5-13(16)12(15)7-10/h2-7,16H,1H3. The third-order valence-electron chi connectivity index (χ3n) is 2.45. The van der Waals surface area contributed by atoms with Crippen molar-refractivity contribution in [1.82, 2.24) is 0 Å². The first kappa shape index (κ1) is 10.6. The van der Waals surface area contributed by atoms with Crippen molar-refractivity contribution in [2.75, 3.05) is 0 Å². The molecule has 0 fully saturated rings. The monoisotopic (exact) mass is 220 g/mol. The largest absolute Gasteiger partial charge is 0.505 e. The zero-order valence-corrected chi connectivity index (χ0v) is 8.67. The lowest BCUT2D eigenvalue weighted by molar-refractivity contribution is 0.432. The Labute approximate surface area is 92.0 Å². The van der Waals surface area contributed by atoms with Crippen LogP contribution >= 0.6 is 0 Å². The van der Waals surface area contributed by atoms with Crippen LogP contribution in [0.15, 0.2) is 36.4 Å². The van der Waals surface area contributed by atoms with Crippen molar-refractivity contribution in [2.24, 2.45) is 0 Å². The zero-order chi connectivity index (χ0) is 11.7. The summed E-state index contributed by atoms with van der Waals surface area (Å²) in [7, 11) is 0. The number of hydrogen-bond donors (Lipinski definition) is 1. The van der Waals surface area contributed by atoms with Gasteiger partial charge < -0.3 is 5.11 Å². The van der Waals surface area contributed by atoms with Crippen LogP contribution in [-0.2, 0) is 0 Å². The lowest BCUT2D eigenvalue weighted by Crippen LogP contribution is -1.85. The van der Waals surface area contributed by atoms with Gasteiger partial charge in [0.15, 0.2) is 11.6 Å². The number of benzene rings is 2. The molecule has 0 heterocycles. The van der Waals surface area contributed by atoms with Gasteiger partial charge in [-0.2, -0.15) is 0 Å². The van der Waals surface area contributed by atoms with Crippen LogP contribution in [-0.4, -0.2) is 5.11 Å². The van der Waals surface area contributed by atoms with Crippen LogP contribution < -0.4 is 0 Å². The van der Waals surface area contributed by atoms with E-state index in [4.69, 9.17) is 5.11 Å². The number of aryl methyl sites for hydroxylation is 1. The molecule has 2 aromatic rings. The van der Waals surface area contributed by atoms with Gasteiger partial charge in [0.05, 0.1) is 0 Å². The lowest BCUT2D eigenvalue weighted by atomic mass is 10.0. The molecule has 2 aromatic carbocycles. The number of rotatable bonds is 1. The second-order valence-electron chi connectivity index (χ2n) is 3.63. The van der Waals surface area contributed by atoms with Crippen LogP contribution in [0.3, 0.4) is 0 Å². The zero-order valence-electron chi connectivity index (χ0n) is 8.67. The van der Waals surface area contributed by atoms with Gasteiger partial charge in [-0.05, 0) is 41.8 Å². The molecular formula is C13H10F2O. The minimum Gasteiger partial charge on any atom is -0.505 e. The fourth-order valence-corrected chi connectivity index (χ4v) is 1.46. The lowest BCUT2D eigenvalue weighted by Gasteiger charge is -2.04. The molecule has 0 atom stereocenters. The molecule has 0 aliphatic rings. The summed E-state index contributed by atoms with van der Waals surface area (Å²) in [5, 5.41) is 9.04. The first-order valence-electron chi connectivity index (χ1n) is 4.83. The van der Waals surface area contributed by atoms with Gasteiger partial charge in [0.2, 0.25) is 0 Å². The minimum atomic E-state index is -0.710. The molecule has 1 N–H and O–H groups in total. The van der Waals surface area contributed by atoms with E-state index in [9.17, 15) is 8.78 Å². The molecule has 0 spiro atoms. The predicted octanol–water partition coefficient (Wildman–Crippen LogP) is 3.65. The second-order valence-corrected chi connectivity index (χ2v) is 3.63. The van der Waals surface area contributed by atoms with E-state index in [1.807, 2.05) is 0 Å². The van der Waals surface area contributed by atoms with E-state index in [1.54, 1.807) is 25.1 Å². The molecule has 0 bridgehead atoms. The Hall–Kier alpha value is -1.90. The van der Waals surface area contributed by atoms with Crippen LogP contribution in [0.2, 0.25) is 0 Å². The molecule has 82 valence electrons. The molecule has 0 saturated carbocycles. The third-order valence-corrected chi connectivity index (χ3v) is 2.45. The summed E-state index contributed by atoms with van der Waals surface area (Å²) in [5.74, 6) is -1.44. The van der Waals surface area contributed by atoms with Crippen LogP contribution in [0.5, 0.6) is 5.75 Å². The fourth-order valence-electron chi connectivity index (χ4n) is 1.46. The highest BCUT2D eigenvalue weighted by atomic mass is 19.1. The summed E-state index contributed by atoms with van der Waals surface area (Å²) in [6.07, 6.45) is 0. The summed E-state index contributed by atoms with van der Waals surface area (Å²) < 4.78 is 26.4. The topological polar surface area (TPSA) is 20.2 Å². The van der Waals surface area contributed by atoms with Crippen molar-refractivity contribution >= 4 is 0 Å². The molecule has 0 radical (unpaired) electrons. The van der Waals surface area contributed by atoms with Gasteiger partial charge in [-0.1, -0.05) is 18.2 Å². The van der Waals surface area contributed by atoms with Gasteiger partial charge in [-0.25, -0.2) is 8.78 Å². The van der Waals surface area contributed by atoms with Crippen molar-refractivity contribution in [1.29, 1.82) is 0 Å². The smallest absolute Gasteiger partial charge is 0.165 e. The molecule has 0 aliphatic heterocycles. The maximum absolute atomic E-state index is 13.3. The number of phenolic OH excluding ortho intramolecular Hbond substituents is 1. The van der Waals surface area contributed by atoms with E-state index < -0.39 is 11.6 Å². The Bertz CT molecular complexity index is 486. The van der Waals surface area contributed by atoms with E-state index in [0.717, 1.165) is 0 Å². The second kappa shape index (κ2) is 3.93. The molecule has 3 heteroatoms. The average molecular weight is 220 g/mol. The highest BCUT2D eigenvalue weighted by Crippen LogP contribution is 2.25. The summed E-state index contributed by atoms with van der Waals surface area (Å²) in [4.78, 5) is 0. The number of halogens is 2. The third kappa shape index (κ3) is 1.89. The normalized spacial score (nSPS) is 10.4. The molecule has 0 amide bonds. The summed E-state index contributed by atoms with van der Waals surface area (Å²) >= 11 is 0. The molecule has 16 heavy (non-hydrogen) atoms. The van der Waals surface area contributed by atoms with Gasteiger partial charge in [0.1, 0.15) is 5.82 Å².